The molecule has 4 nitrogen and oxygen atoms in total. The molecule has 0 bridgehead atoms. The Kier molecular flexibility index (Phi) is 3.92. The fourth-order valence-corrected chi connectivity index (χ4v) is 2.50. The number of pyridine rings is 2. The summed E-state index contributed by atoms with van der Waals surface area (Å²) in [7, 11) is 0. The highest BCUT2D eigenvalue weighted by atomic mass is 15.3. The minimum Gasteiger partial charge on any atom is -0.354 e. The van der Waals surface area contributed by atoms with Crippen molar-refractivity contribution in [2.45, 2.75) is 13.5 Å². The van der Waals surface area contributed by atoms with E-state index in [0.717, 1.165) is 44.2 Å². The fourth-order valence-electron chi connectivity index (χ4n) is 2.50. The third kappa shape index (κ3) is 3.14. The van der Waals surface area contributed by atoms with Crippen molar-refractivity contribution in [3.05, 3.63) is 54.0 Å². The molecule has 0 aromatic carbocycles. The van der Waals surface area contributed by atoms with Gasteiger partial charge in [0.2, 0.25) is 0 Å². The quantitative estimate of drug-likeness (QED) is 0.853. The van der Waals surface area contributed by atoms with E-state index in [1.165, 1.54) is 5.56 Å². The van der Waals surface area contributed by atoms with Gasteiger partial charge >= 0.3 is 0 Å². The fraction of sp³-hybridized carbons (Fsp3) is 0.375. The molecule has 1 aliphatic heterocycles. The van der Waals surface area contributed by atoms with Gasteiger partial charge in [0, 0.05) is 45.1 Å². The molecule has 20 heavy (non-hydrogen) atoms. The van der Waals surface area contributed by atoms with Crippen LogP contribution < -0.4 is 4.90 Å². The second-order valence-corrected chi connectivity index (χ2v) is 5.28. The summed E-state index contributed by atoms with van der Waals surface area (Å²) in [6, 6.07) is 10.3. The predicted molar refractivity (Wildman–Crippen MR) is 80.7 cm³/mol. The summed E-state index contributed by atoms with van der Waals surface area (Å²) in [4.78, 5) is 13.7. The maximum absolute atomic E-state index is 4.51. The van der Waals surface area contributed by atoms with Crippen LogP contribution in [0.1, 0.15) is 11.3 Å². The molecule has 0 unspecified atom stereocenters. The van der Waals surface area contributed by atoms with Gasteiger partial charge in [-0.3, -0.25) is 9.88 Å². The average Bonchev–Trinajstić information content (AvgIpc) is 2.50. The van der Waals surface area contributed by atoms with Gasteiger partial charge in [0.1, 0.15) is 5.82 Å². The van der Waals surface area contributed by atoms with E-state index in [1.807, 2.05) is 18.5 Å². The van der Waals surface area contributed by atoms with E-state index < -0.39 is 0 Å². The third-order valence-electron chi connectivity index (χ3n) is 3.70. The first-order valence-electron chi connectivity index (χ1n) is 7.11. The molecule has 0 aliphatic carbocycles. The number of piperazine rings is 1. The Morgan fingerprint density at radius 3 is 2.50 bits per heavy atom. The lowest BCUT2D eigenvalue weighted by Crippen LogP contribution is -2.46. The molecular formula is C16H20N4. The highest BCUT2D eigenvalue weighted by Gasteiger charge is 2.18. The number of hydrogen-bond acceptors (Lipinski definition) is 4. The third-order valence-corrected chi connectivity index (χ3v) is 3.70. The SMILES string of the molecule is Cc1ccc(N2CCN(Cc3ccccn3)CC2)nc1. The van der Waals surface area contributed by atoms with Crippen LogP contribution in [-0.4, -0.2) is 41.0 Å². The molecule has 4 heteroatoms. The molecule has 0 radical (unpaired) electrons. The van der Waals surface area contributed by atoms with Crippen molar-refractivity contribution in [3.63, 3.8) is 0 Å². The molecule has 1 saturated heterocycles. The molecule has 0 N–H and O–H groups in total. The van der Waals surface area contributed by atoms with Gasteiger partial charge in [-0.2, -0.15) is 0 Å². The van der Waals surface area contributed by atoms with Crippen LogP contribution in [0.2, 0.25) is 0 Å². The van der Waals surface area contributed by atoms with Crippen molar-refractivity contribution in [1.29, 1.82) is 0 Å². The zero-order valence-corrected chi connectivity index (χ0v) is 11.9. The second-order valence-electron chi connectivity index (χ2n) is 5.28. The number of anilines is 1. The van der Waals surface area contributed by atoms with Crippen molar-refractivity contribution in [2.75, 3.05) is 31.1 Å². The van der Waals surface area contributed by atoms with E-state index in [4.69, 9.17) is 0 Å². The van der Waals surface area contributed by atoms with E-state index in [1.54, 1.807) is 0 Å². The van der Waals surface area contributed by atoms with Gasteiger partial charge in [0.15, 0.2) is 0 Å². The minimum atomic E-state index is 0.940. The maximum atomic E-state index is 4.51. The summed E-state index contributed by atoms with van der Waals surface area (Å²) in [5.74, 6) is 1.09. The molecule has 3 heterocycles. The molecule has 2 aromatic rings. The van der Waals surface area contributed by atoms with Gasteiger partial charge in [-0.25, -0.2) is 4.98 Å². The Labute approximate surface area is 120 Å². The molecule has 3 rings (SSSR count). The topological polar surface area (TPSA) is 32.3 Å². The predicted octanol–water partition coefficient (Wildman–Crippen LogP) is 2.11. The first kappa shape index (κ1) is 13.1. The van der Waals surface area contributed by atoms with Crippen molar-refractivity contribution < 1.29 is 0 Å². The first-order chi connectivity index (χ1) is 9.81. The molecule has 1 fully saturated rings. The molecule has 104 valence electrons. The summed E-state index contributed by atoms with van der Waals surface area (Å²) in [5.41, 5.74) is 2.36. The van der Waals surface area contributed by atoms with Crippen LogP contribution in [0.3, 0.4) is 0 Å². The van der Waals surface area contributed by atoms with E-state index in [0.29, 0.717) is 0 Å². The number of rotatable bonds is 3. The molecule has 2 aromatic heterocycles. The van der Waals surface area contributed by atoms with Crippen LogP contribution in [0.25, 0.3) is 0 Å². The largest absolute Gasteiger partial charge is 0.354 e. The monoisotopic (exact) mass is 268 g/mol. The van der Waals surface area contributed by atoms with Gasteiger partial charge in [0.05, 0.1) is 5.69 Å². The van der Waals surface area contributed by atoms with Gasteiger partial charge < -0.3 is 4.90 Å². The van der Waals surface area contributed by atoms with E-state index in [2.05, 4.69) is 51.0 Å². The summed E-state index contributed by atoms with van der Waals surface area (Å²) in [6.07, 6.45) is 3.80. The molecule has 0 amide bonds. The number of nitrogens with zero attached hydrogens (tertiary/aromatic N) is 4. The smallest absolute Gasteiger partial charge is 0.128 e. The number of aromatic nitrogens is 2. The van der Waals surface area contributed by atoms with Crippen LogP contribution in [0.15, 0.2) is 42.7 Å². The van der Waals surface area contributed by atoms with E-state index in [-0.39, 0.29) is 0 Å². The number of aryl methyl sites for hydroxylation is 1. The van der Waals surface area contributed by atoms with Gasteiger partial charge in [-0.15, -0.1) is 0 Å². The Hall–Kier alpha value is -1.94. The Morgan fingerprint density at radius 2 is 1.85 bits per heavy atom. The van der Waals surface area contributed by atoms with Crippen molar-refractivity contribution in [1.82, 2.24) is 14.9 Å². The highest BCUT2D eigenvalue weighted by molar-refractivity contribution is 5.39. The summed E-state index contributed by atoms with van der Waals surface area (Å²) in [6.45, 7) is 7.20. The van der Waals surface area contributed by atoms with Crippen molar-refractivity contribution in [2.24, 2.45) is 0 Å². The minimum absolute atomic E-state index is 0.940. The highest BCUT2D eigenvalue weighted by Crippen LogP contribution is 2.14. The number of hydrogen-bond donors (Lipinski definition) is 0. The van der Waals surface area contributed by atoms with Crippen LogP contribution >= 0.6 is 0 Å². The van der Waals surface area contributed by atoms with Crippen molar-refractivity contribution >= 4 is 5.82 Å². The summed E-state index contributed by atoms with van der Waals surface area (Å²) >= 11 is 0. The van der Waals surface area contributed by atoms with Crippen LogP contribution in [0.5, 0.6) is 0 Å². The van der Waals surface area contributed by atoms with Gasteiger partial charge in [0.25, 0.3) is 0 Å². The normalized spacial score (nSPS) is 16.4. The van der Waals surface area contributed by atoms with Crippen LogP contribution in [-0.2, 0) is 6.54 Å². The first-order valence-corrected chi connectivity index (χ1v) is 7.11. The zero-order chi connectivity index (χ0) is 13.8. The van der Waals surface area contributed by atoms with Gasteiger partial charge in [-0.1, -0.05) is 12.1 Å². The van der Waals surface area contributed by atoms with Gasteiger partial charge in [-0.05, 0) is 30.7 Å². The Bertz CT molecular complexity index is 530. The molecule has 1 aliphatic rings. The van der Waals surface area contributed by atoms with Crippen LogP contribution in [0.4, 0.5) is 5.82 Å². The lowest BCUT2D eigenvalue weighted by atomic mass is 10.2. The molecule has 0 saturated carbocycles. The molecule has 0 atom stereocenters. The lowest BCUT2D eigenvalue weighted by Gasteiger charge is -2.35. The lowest BCUT2D eigenvalue weighted by molar-refractivity contribution is 0.246. The van der Waals surface area contributed by atoms with E-state index in [9.17, 15) is 0 Å². The Morgan fingerprint density at radius 1 is 1.00 bits per heavy atom. The summed E-state index contributed by atoms with van der Waals surface area (Å²) < 4.78 is 0. The Balaban J connectivity index is 1.55. The average molecular weight is 268 g/mol. The standard InChI is InChI=1S/C16H20N4/c1-14-5-6-16(18-12-14)20-10-8-19(9-11-20)13-15-4-2-3-7-17-15/h2-7,12H,8-11,13H2,1H3. The molecular weight excluding hydrogens is 248 g/mol. The zero-order valence-electron chi connectivity index (χ0n) is 11.9. The summed E-state index contributed by atoms with van der Waals surface area (Å²) in [5, 5.41) is 0. The molecule has 0 spiro atoms. The van der Waals surface area contributed by atoms with E-state index >= 15 is 0 Å². The second kappa shape index (κ2) is 6.01. The maximum Gasteiger partial charge on any atom is 0.128 e. The van der Waals surface area contributed by atoms with Crippen molar-refractivity contribution in [3.8, 4) is 0 Å². The van der Waals surface area contributed by atoms with Crippen LogP contribution in [0, 0.1) is 6.92 Å².